The first-order valence-electron chi connectivity index (χ1n) is 8.74. The highest BCUT2D eigenvalue weighted by atomic mass is 16.2. The van der Waals surface area contributed by atoms with Crippen LogP contribution in [0, 0.1) is 5.92 Å². The maximum atomic E-state index is 12.4. The normalized spacial score (nSPS) is 34.1. The van der Waals surface area contributed by atoms with Gasteiger partial charge in [0, 0.05) is 31.6 Å². The topological polar surface area (TPSA) is 32.3 Å². The van der Waals surface area contributed by atoms with Crippen LogP contribution in [-0.4, -0.2) is 36.0 Å². The zero-order valence-corrected chi connectivity index (χ0v) is 12.9. The second-order valence-corrected chi connectivity index (χ2v) is 7.31. The number of nitrogens with zero attached hydrogens (tertiary/aromatic N) is 1. The SMILES string of the molecule is CN(C(=O)CCC1CCCCC1)C1CC2CCC(C1)N2. The second kappa shape index (κ2) is 6.46. The third kappa shape index (κ3) is 3.36. The molecule has 1 saturated carbocycles. The van der Waals surface area contributed by atoms with Crippen molar-refractivity contribution in [2.45, 2.75) is 88.8 Å². The maximum Gasteiger partial charge on any atom is 0.222 e. The first-order valence-corrected chi connectivity index (χ1v) is 8.74. The number of carbonyl (C=O) groups excluding carboxylic acids is 1. The van der Waals surface area contributed by atoms with E-state index >= 15 is 0 Å². The fraction of sp³-hybridized carbons (Fsp3) is 0.941. The van der Waals surface area contributed by atoms with Gasteiger partial charge in [-0.1, -0.05) is 32.1 Å². The van der Waals surface area contributed by atoms with Gasteiger partial charge in [0.15, 0.2) is 0 Å². The van der Waals surface area contributed by atoms with Crippen LogP contribution in [-0.2, 0) is 4.79 Å². The average molecular weight is 278 g/mol. The Hall–Kier alpha value is -0.570. The number of amides is 1. The van der Waals surface area contributed by atoms with Crippen molar-refractivity contribution in [2.75, 3.05) is 7.05 Å². The van der Waals surface area contributed by atoms with Crippen molar-refractivity contribution in [1.29, 1.82) is 0 Å². The number of carbonyl (C=O) groups is 1. The molecule has 2 aliphatic heterocycles. The molecule has 3 heteroatoms. The van der Waals surface area contributed by atoms with Crippen molar-refractivity contribution in [3.63, 3.8) is 0 Å². The first-order chi connectivity index (χ1) is 9.72. The molecule has 20 heavy (non-hydrogen) atoms. The van der Waals surface area contributed by atoms with Crippen LogP contribution >= 0.6 is 0 Å². The molecule has 1 N–H and O–H groups in total. The van der Waals surface area contributed by atoms with Gasteiger partial charge in [-0.05, 0) is 38.0 Å². The largest absolute Gasteiger partial charge is 0.343 e. The van der Waals surface area contributed by atoms with Crippen LogP contribution in [0.5, 0.6) is 0 Å². The first kappa shape index (κ1) is 14.4. The summed E-state index contributed by atoms with van der Waals surface area (Å²) in [7, 11) is 2.04. The van der Waals surface area contributed by atoms with Crippen molar-refractivity contribution < 1.29 is 4.79 Å². The molecule has 0 radical (unpaired) electrons. The van der Waals surface area contributed by atoms with E-state index in [1.807, 2.05) is 7.05 Å². The van der Waals surface area contributed by atoms with E-state index in [4.69, 9.17) is 0 Å². The molecule has 2 heterocycles. The van der Waals surface area contributed by atoms with Crippen LogP contribution in [0.4, 0.5) is 0 Å². The van der Waals surface area contributed by atoms with Gasteiger partial charge in [0.25, 0.3) is 0 Å². The minimum Gasteiger partial charge on any atom is -0.343 e. The molecule has 3 aliphatic rings. The van der Waals surface area contributed by atoms with E-state index in [1.165, 1.54) is 57.8 Å². The maximum absolute atomic E-state index is 12.4. The Bertz CT molecular complexity index is 326. The van der Waals surface area contributed by atoms with Crippen LogP contribution in [0.2, 0.25) is 0 Å². The highest BCUT2D eigenvalue weighted by Crippen LogP contribution is 2.31. The van der Waals surface area contributed by atoms with Gasteiger partial charge >= 0.3 is 0 Å². The average Bonchev–Trinajstić information content (AvgIpc) is 2.83. The molecule has 2 saturated heterocycles. The number of rotatable bonds is 4. The number of nitrogens with one attached hydrogen (secondary N) is 1. The molecule has 2 atom stereocenters. The molecule has 1 aliphatic carbocycles. The second-order valence-electron chi connectivity index (χ2n) is 7.31. The summed E-state index contributed by atoms with van der Waals surface area (Å²) in [5, 5.41) is 3.66. The monoisotopic (exact) mass is 278 g/mol. The standard InChI is InChI=1S/C17H30N2O/c1-19(16-11-14-8-9-15(12-16)18-14)17(20)10-7-13-5-3-2-4-6-13/h13-16,18H,2-12H2,1H3. The summed E-state index contributed by atoms with van der Waals surface area (Å²) in [6.45, 7) is 0. The molecule has 2 unspecified atom stereocenters. The van der Waals surface area contributed by atoms with E-state index in [-0.39, 0.29) is 0 Å². The lowest BCUT2D eigenvalue weighted by Crippen LogP contribution is -2.48. The van der Waals surface area contributed by atoms with Crippen LogP contribution in [0.25, 0.3) is 0 Å². The molecule has 0 aromatic rings. The zero-order valence-electron chi connectivity index (χ0n) is 12.9. The molecule has 114 valence electrons. The highest BCUT2D eigenvalue weighted by Gasteiger charge is 2.36. The number of fused-ring (bicyclic) bond motifs is 2. The summed E-state index contributed by atoms with van der Waals surface area (Å²) in [4.78, 5) is 14.5. The van der Waals surface area contributed by atoms with E-state index in [9.17, 15) is 4.79 Å². The molecule has 0 aromatic heterocycles. The molecule has 1 amide bonds. The summed E-state index contributed by atoms with van der Waals surface area (Å²) >= 11 is 0. The van der Waals surface area contributed by atoms with Crippen LogP contribution < -0.4 is 5.32 Å². The van der Waals surface area contributed by atoms with Gasteiger partial charge in [0.1, 0.15) is 0 Å². The molecule has 3 fully saturated rings. The summed E-state index contributed by atoms with van der Waals surface area (Å²) in [6, 6.07) is 1.84. The molecule has 2 bridgehead atoms. The van der Waals surface area contributed by atoms with Gasteiger partial charge in [0.05, 0.1) is 0 Å². The minimum absolute atomic E-state index is 0.391. The molecule has 0 aromatic carbocycles. The fourth-order valence-corrected chi connectivity index (χ4v) is 4.53. The quantitative estimate of drug-likeness (QED) is 0.857. The lowest BCUT2D eigenvalue weighted by molar-refractivity contribution is -0.133. The Morgan fingerprint density at radius 2 is 1.70 bits per heavy atom. The molecular weight excluding hydrogens is 248 g/mol. The zero-order chi connectivity index (χ0) is 13.9. The van der Waals surface area contributed by atoms with E-state index in [1.54, 1.807) is 0 Å². The summed E-state index contributed by atoms with van der Waals surface area (Å²) in [6.07, 6.45) is 13.7. The van der Waals surface area contributed by atoms with E-state index in [0.717, 1.165) is 18.8 Å². The predicted molar refractivity (Wildman–Crippen MR) is 81.5 cm³/mol. The van der Waals surface area contributed by atoms with E-state index in [2.05, 4.69) is 10.2 Å². The summed E-state index contributed by atoms with van der Waals surface area (Å²) in [5.41, 5.74) is 0. The van der Waals surface area contributed by atoms with Crippen molar-refractivity contribution in [3.8, 4) is 0 Å². The van der Waals surface area contributed by atoms with E-state index in [0.29, 0.717) is 24.0 Å². The minimum atomic E-state index is 0.391. The molecule has 3 rings (SSSR count). The third-order valence-corrected chi connectivity index (χ3v) is 5.88. The van der Waals surface area contributed by atoms with Crippen LogP contribution in [0.3, 0.4) is 0 Å². The highest BCUT2D eigenvalue weighted by molar-refractivity contribution is 5.76. The Morgan fingerprint density at radius 3 is 2.35 bits per heavy atom. The summed E-state index contributed by atoms with van der Waals surface area (Å²) in [5.74, 6) is 1.21. The predicted octanol–water partition coefficient (Wildman–Crippen LogP) is 3.09. The number of hydrogen-bond donors (Lipinski definition) is 1. The lowest BCUT2D eigenvalue weighted by atomic mass is 9.86. The number of piperidine rings is 1. The third-order valence-electron chi connectivity index (χ3n) is 5.88. The van der Waals surface area contributed by atoms with Gasteiger partial charge in [-0.15, -0.1) is 0 Å². The van der Waals surface area contributed by atoms with Crippen LogP contribution in [0.1, 0.15) is 70.6 Å². The lowest BCUT2D eigenvalue weighted by Gasteiger charge is -2.36. The van der Waals surface area contributed by atoms with Gasteiger partial charge in [-0.3, -0.25) is 4.79 Å². The van der Waals surface area contributed by atoms with Crippen molar-refractivity contribution in [1.82, 2.24) is 10.2 Å². The number of hydrogen-bond acceptors (Lipinski definition) is 2. The van der Waals surface area contributed by atoms with E-state index < -0.39 is 0 Å². The Kier molecular flexibility index (Phi) is 4.65. The summed E-state index contributed by atoms with van der Waals surface area (Å²) < 4.78 is 0. The van der Waals surface area contributed by atoms with Gasteiger partial charge < -0.3 is 10.2 Å². The molecular formula is C17H30N2O. The fourth-order valence-electron chi connectivity index (χ4n) is 4.53. The van der Waals surface area contributed by atoms with Crippen molar-refractivity contribution in [2.24, 2.45) is 5.92 Å². The molecule has 0 spiro atoms. The Labute approximate surface area is 123 Å². The Morgan fingerprint density at radius 1 is 1.05 bits per heavy atom. The van der Waals surface area contributed by atoms with Crippen LogP contribution in [0.15, 0.2) is 0 Å². The van der Waals surface area contributed by atoms with Gasteiger partial charge in [0.2, 0.25) is 5.91 Å². The van der Waals surface area contributed by atoms with Crippen molar-refractivity contribution >= 4 is 5.91 Å². The smallest absolute Gasteiger partial charge is 0.222 e. The van der Waals surface area contributed by atoms with Crippen molar-refractivity contribution in [3.05, 3.63) is 0 Å². The van der Waals surface area contributed by atoms with Gasteiger partial charge in [-0.25, -0.2) is 0 Å². The van der Waals surface area contributed by atoms with Gasteiger partial charge in [-0.2, -0.15) is 0 Å². The Balaban J connectivity index is 1.44. The molecule has 3 nitrogen and oxygen atoms in total.